The van der Waals surface area contributed by atoms with Gasteiger partial charge in [0.25, 0.3) is 11.7 Å². The second-order valence-electron chi connectivity index (χ2n) is 6.85. The van der Waals surface area contributed by atoms with Crippen molar-refractivity contribution in [1.82, 2.24) is 24.5 Å². The number of fused-ring (bicyclic) bond motifs is 1. The number of nitrogens with one attached hydrogen (secondary N) is 1. The number of aryl methyl sites for hydroxylation is 1. The van der Waals surface area contributed by atoms with Crippen LogP contribution < -0.4 is 10.2 Å². The van der Waals surface area contributed by atoms with E-state index >= 15 is 0 Å². The van der Waals surface area contributed by atoms with E-state index in [1.807, 2.05) is 11.8 Å². The van der Waals surface area contributed by atoms with Crippen LogP contribution in [0.1, 0.15) is 23.1 Å². The number of aromatic nitrogens is 4. The van der Waals surface area contributed by atoms with Crippen LogP contribution in [-0.2, 0) is 0 Å². The molecule has 1 aromatic carbocycles. The fraction of sp³-hybridized carbons (Fsp3) is 0.368. The Morgan fingerprint density at radius 2 is 2.04 bits per heavy atom. The number of piperazine rings is 1. The molecule has 3 aromatic rings. The summed E-state index contributed by atoms with van der Waals surface area (Å²) in [6.45, 7) is 8.42. The van der Waals surface area contributed by atoms with Crippen LogP contribution in [0.5, 0.6) is 0 Å². The van der Waals surface area contributed by atoms with Gasteiger partial charge in [-0.25, -0.2) is 13.9 Å². The first-order valence-corrected chi connectivity index (χ1v) is 9.30. The smallest absolute Gasteiger partial charge is 0.295 e. The Hall–Kier alpha value is -3.07. The molecule has 8 nitrogen and oxygen atoms in total. The molecular weight excluding hydrogens is 361 g/mol. The molecule has 1 amide bonds. The Kier molecular flexibility index (Phi) is 4.91. The number of carbonyl (C=O) groups excluding carboxylic acids is 1. The molecular formula is C19H22FN7O. The number of anilines is 2. The third-order valence-electron chi connectivity index (χ3n) is 4.89. The average Bonchev–Trinajstić information content (AvgIpc) is 3.12. The second kappa shape index (κ2) is 7.51. The molecule has 1 aliphatic rings. The van der Waals surface area contributed by atoms with Crippen molar-refractivity contribution in [3.05, 3.63) is 47.8 Å². The first kappa shape index (κ1) is 18.3. The van der Waals surface area contributed by atoms with Gasteiger partial charge in [0, 0.05) is 44.3 Å². The van der Waals surface area contributed by atoms with Crippen LogP contribution >= 0.6 is 0 Å². The van der Waals surface area contributed by atoms with E-state index < -0.39 is 5.91 Å². The maximum atomic E-state index is 14.6. The highest BCUT2D eigenvalue weighted by atomic mass is 19.1. The molecule has 0 bridgehead atoms. The van der Waals surface area contributed by atoms with E-state index in [9.17, 15) is 9.18 Å². The Morgan fingerprint density at radius 1 is 1.25 bits per heavy atom. The van der Waals surface area contributed by atoms with Crippen LogP contribution in [0.25, 0.3) is 5.78 Å². The molecule has 0 aliphatic carbocycles. The van der Waals surface area contributed by atoms with Crippen molar-refractivity contribution in [1.29, 1.82) is 0 Å². The average molecular weight is 383 g/mol. The van der Waals surface area contributed by atoms with Gasteiger partial charge in [-0.3, -0.25) is 4.79 Å². The highest BCUT2D eigenvalue weighted by Crippen LogP contribution is 2.24. The standard InChI is InChI=1S/C19H22FN7O/c1-3-25-6-8-26(9-7-25)16-5-4-14(10-15(16)20)22-18(28)17-23-19-21-11-13(2)12-27(19)24-17/h4-5,10-12H,3,6-9H2,1-2H3,(H,22,28). The summed E-state index contributed by atoms with van der Waals surface area (Å²) >= 11 is 0. The molecule has 1 aliphatic heterocycles. The number of likely N-dealkylation sites (N-methyl/N-ethyl adjacent to an activating group) is 1. The predicted octanol–water partition coefficient (Wildman–Crippen LogP) is 1.97. The van der Waals surface area contributed by atoms with Gasteiger partial charge in [0.1, 0.15) is 5.82 Å². The van der Waals surface area contributed by atoms with Crippen molar-refractivity contribution in [2.75, 3.05) is 42.9 Å². The maximum Gasteiger partial charge on any atom is 0.295 e. The minimum Gasteiger partial charge on any atom is -0.367 e. The van der Waals surface area contributed by atoms with Crippen molar-refractivity contribution >= 4 is 23.1 Å². The van der Waals surface area contributed by atoms with Gasteiger partial charge in [0.15, 0.2) is 0 Å². The summed E-state index contributed by atoms with van der Waals surface area (Å²) in [7, 11) is 0. The number of amides is 1. The molecule has 146 valence electrons. The number of halogens is 1. The summed E-state index contributed by atoms with van der Waals surface area (Å²) in [6, 6.07) is 4.73. The van der Waals surface area contributed by atoms with Crippen molar-refractivity contribution in [2.24, 2.45) is 0 Å². The maximum absolute atomic E-state index is 14.6. The Balaban J connectivity index is 1.47. The number of rotatable bonds is 4. The lowest BCUT2D eigenvalue weighted by molar-refractivity contribution is 0.101. The lowest BCUT2D eigenvalue weighted by atomic mass is 10.2. The second-order valence-corrected chi connectivity index (χ2v) is 6.85. The summed E-state index contributed by atoms with van der Waals surface area (Å²) in [5.74, 6) is -0.545. The minimum atomic E-state index is -0.508. The topological polar surface area (TPSA) is 78.7 Å². The monoisotopic (exact) mass is 383 g/mol. The molecule has 1 fully saturated rings. The van der Waals surface area contributed by atoms with Crippen LogP contribution in [0.3, 0.4) is 0 Å². The molecule has 1 saturated heterocycles. The summed E-state index contributed by atoms with van der Waals surface area (Å²) in [4.78, 5) is 25.0. The zero-order valence-corrected chi connectivity index (χ0v) is 15.9. The van der Waals surface area contributed by atoms with Crippen molar-refractivity contribution in [3.63, 3.8) is 0 Å². The summed E-state index contributed by atoms with van der Waals surface area (Å²) in [5.41, 5.74) is 1.82. The molecule has 2 aromatic heterocycles. The van der Waals surface area contributed by atoms with Gasteiger partial charge in [-0.2, -0.15) is 4.98 Å². The molecule has 9 heteroatoms. The minimum absolute atomic E-state index is 0.0155. The first-order chi connectivity index (χ1) is 13.5. The fourth-order valence-electron chi connectivity index (χ4n) is 3.30. The Labute approximate surface area is 162 Å². The summed E-state index contributed by atoms with van der Waals surface area (Å²) in [5, 5.41) is 6.77. The van der Waals surface area contributed by atoms with Gasteiger partial charge < -0.3 is 15.1 Å². The van der Waals surface area contributed by atoms with Gasteiger partial charge in [0.05, 0.1) is 5.69 Å². The molecule has 1 N–H and O–H groups in total. The highest BCUT2D eigenvalue weighted by Gasteiger charge is 2.19. The highest BCUT2D eigenvalue weighted by molar-refractivity contribution is 6.01. The third kappa shape index (κ3) is 3.65. The molecule has 0 unspecified atom stereocenters. The van der Waals surface area contributed by atoms with Crippen LogP contribution in [0.2, 0.25) is 0 Å². The largest absolute Gasteiger partial charge is 0.367 e. The van der Waals surface area contributed by atoms with E-state index in [-0.39, 0.29) is 11.6 Å². The van der Waals surface area contributed by atoms with Gasteiger partial charge in [-0.15, -0.1) is 5.10 Å². The molecule has 3 heterocycles. The number of carbonyl (C=O) groups is 1. The Morgan fingerprint density at radius 3 is 2.75 bits per heavy atom. The van der Waals surface area contributed by atoms with Gasteiger partial charge in [-0.05, 0) is 37.2 Å². The van der Waals surface area contributed by atoms with Crippen LogP contribution in [-0.4, -0.2) is 63.1 Å². The summed E-state index contributed by atoms with van der Waals surface area (Å²) < 4.78 is 16.1. The predicted molar refractivity (Wildman–Crippen MR) is 104 cm³/mol. The fourth-order valence-corrected chi connectivity index (χ4v) is 3.30. The molecule has 0 spiro atoms. The number of nitrogens with zero attached hydrogens (tertiary/aromatic N) is 6. The van der Waals surface area contributed by atoms with E-state index in [1.165, 1.54) is 10.6 Å². The van der Waals surface area contributed by atoms with Crippen molar-refractivity contribution in [2.45, 2.75) is 13.8 Å². The zero-order valence-electron chi connectivity index (χ0n) is 15.9. The van der Waals surface area contributed by atoms with Crippen molar-refractivity contribution in [3.8, 4) is 0 Å². The summed E-state index contributed by atoms with van der Waals surface area (Å²) in [6.07, 6.45) is 3.39. The van der Waals surface area contributed by atoms with E-state index in [0.29, 0.717) is 17.2 Å². The number of hydrogen-bond donors (Lipinski definition) is 1. The quantitative estimate of drug-likeness (QED) is 0.742. The van der Waals surface area contributed by atoms with Gasteiger partial charge >= 0.3 is 0 Å². The number of hydrogen-bond acceptors (Lipinski definition) is 6. The molecule has 0 atom stereocenters. The number of benzene rings is 1. The first-order valence-electron chi connectivity index (χ1n) is 9.30. The SMILES string of the molecule is CCN1CCN(c2ccc(NC(=O)c3nc4ncc(C)cn4n3)cc2F)CC1. The van der Waals surface area contributed by atoms with Crippen LogP contribution in [0.4, 0.5) is 15.8 Å². The lowest BCUT2D eigenvalue weighted by Gasteiger charge is -2.35. The molecule has 0 saturated carbocycles. The van der Waals surface area contributed by atoms with Gasteiger partial charge in [0.2, 0.25) is 5.82 Å². The van der Waals surface area contributed by atoms with E-state index in [0.717, 1.165) is 38.3 Å². The van der Waals surface area contributed by atoms with Crippen LogP contribution in [0, 0.1) is 12.7 Å². The normalized spacial score (nSPS) is 15.2. The van der Waals surface area contributed by atoms with E-state index in [1.54, 1.807) is 24.5 Å². The van der Waals surface area contributed by atoms with E-state index in [4.69, 9.17) is 0 Å². The Bertz CT molecular complexity index is 1010. The van der Waals surface area contributed by atoms with E-state index in [2.05, 4.69) is 32.2 Å². The molecule has 28 heavy (non-hydrogen) atoms. The molecule has 0 radical (unpaired) electrons. The van der Waals surface area contributed by atoms with Gasteiger partial charge in [-0.1, -0.05) is 6.92 Å². The van der Waals surface area contributed by atoms with Crippen LogP contribution in [0.15, 0.2) is 30.6 Å². The van der Waals surface area contributed by atoms with Crippen molar-refractivity contribution < 1.29 is 9.18 Å². The molecule has 4 rings (SSSR count). The third-order valence-corrected chi connectivity index (χ3v) is 4.89. The lowest BCUT2D eigenvalue weighted by Crippen LogP contribution is -2.46. The zero-order chi connectivity index (χ0) is 19.7.